The Hall–Kier alpha value is 1.31. The van der Waals surface area contributed by atoms with Crippen LogP contribution in [0.4, 0.5) is 0 Å². The van der Waals surface area contributed by atoms with E-state index in [1.165, 1.54) is 25.7 Å². The van der Waals surface area contributed by atoms with Crippen LogP contribution in [-0.2, 0) is 26.2 Å². The monoisotopic (exact) mass is 210 g/mol. The minimum Gasteiger partial charge on any atom is -0.153 e. The molecule has 0 heterocycles. The summed E-state index contributed by atoms with van der Waals surface area (Å²) in [4.78, 5) is 0. The summed E-state index contributed by atoms with van der Waals surface area (Å²) in [5.74, 6) is 0. The van der Waals surface area contributed by atoms with Crippen molar-refractivity contribution in [2.75, 3.05) is 0 Å². The second kappa shape index (κ2) is 15.7. The van der Waals surface area contributed by atoms with Crippen LogP contribution in [0.1, 0.15) is 39.5 Å². The van der Waals surface area contributed by atoms with Crippen molar-refractivity contribution in [3.8, 4) is 0 Å². The summed E-state index contributed by atoms with van der Waals surface area (Å²) >= 11 is 0. The Morgan fingerprint density at radius 2 is 1.12 bits per heavy atom. The molecule has 0 spiro atoms. The normalized spacial score (nSPS) is 6.75. The molecule has 0 aromatic heterocycles. The van der Waals surface area contributed by atoms with Crippen LogP contribution < -0.4 is 0 Å². The maximum absolute atomic E-state index is 2.23. The second-order valence-corrected chi connectivity index (χ2v) is 1.71. The molecular weight excluding hydrogens is 194 g/mol. The average Bonchev–Trinajstić information content (AvgIpc) is 1.61. The van der Waals surface area contributed by atoms with Gasteiger partial charge in [0.2, 0.25) is 0 Å². The Balaban J connectivity index is -0.000000125. The van der Waals surface area contributed by atoms with Crippen LogP contribution in [0.15, 0.2) is 0 Å². The van der Waals surface area contributed by atoms with Crippen molar-refractivity contribution >= 4 is 9.90 Å². The minimum atomic E-state index is 0. The van der Waals surface area contributed by atoms with Gasteiger partial charge >= 0.3 is 0 Å². The molecule has 0 nitrogen and oxygen atoms in total. The summed E-state index contributed by atoms with van der Waals surface area (Å²) in [7, 11) is 0. The zero-order valence-electron chi connectivity index (χ0n) is 6.04. The molecule has 0 radical (unpaired) electrons. The molecule has 1 unspecified atom stereocenters. The SMILES string of the molecule is CCCCCC.P.[Zr]. The molecular formula is C6H17PZr. The van der Waals surface area contributed by atoms with E-state index in [0.717, 1.165) is 0 Å². The summed E-state index contributed by atoms with van der Waals surface area (Å²) in [6, 6.07) is 0. The third-order valence-electron chi connectivity index (χ3n) is 0.957. The third kappa shape index (κ3) is 15.7. The van der Waals surface area contributed by atoms with Gasteiger partial charge in [-0.3, -0.25) is 0 Å². The average molecular weight is 211 g/mol. The second-order valence-electron chi connectivity index (χ2n) is 1.71. The van der Waals surface area contributed by atoms with Crippen LogP contribution in [0.25, 0.3) is 0 Å². The van der Waals surface area contributed by atoms with Crippen LogP contribution in [0.3, 0.4) is 0 Å². The molecule has 2 heteroatoms. The van der Waals surface area contributed by atoms with Gasteiger partial charge in [-0.2, -0.15) is 9.90 Å². The van der Waals surface area contributed by atoms with E-state index in [1.54, 1.807) is 0 Å². The van der Waals surface area contributed by atoms with Crippen molar-refractivity contribution in [1.29, 1.82) is 0 Å². The van der Waals surface area contributed by atoms with Crippen molar-refractivity contribution in [1.82, 2.24) is 0 Å². The van der Waals surface area contributed by atoms with E-state index in [1.807, 2.05) is 0 Å². The van der Waals surface area contributed by atoms with E-state index in [4.69, 9.17) is 0 Å². The molecule has 0 aromatic carbocycles. The van der Waals surface area contributed by atoms with E-state index in [-0.39, 0.29) is 36.1 Å². The van der Waals surface area contributed by atoms with Gasteiger partial charge in [-0.15, -0.1) is 0 Å². The van der Waals surface area contributed by atoms with Crippen LogP contribution in [0.2, 0.25) is 0 Å². The maximum atomic E-state index is 2.23. The van der Waals surface area contributed by atoms with Gasteiger partial charge in [0.05, 0.1) is 0 Å². The molecule has 8 heavy (non-hydrogen) atoms. The van der Waals surface area contributed by atoms with E-state index < -0.39 is 0 Å². The van der Waals surface area contributed by atoms with Crippen LogP contribution in [0, 0.1) is 0 Å². The summed E-state index contributed by atoms with van der Waals surface area (Å²) in [5, 5.41) is 0. The molecule has 1 atom stereocenters. The van der Waals surface area contributed by atoms with Crippen LogP contribution in [-0.4, -0.2) is 0 Å². The first-order valence-corrected chi connectivity index (χ1v) is 2.91. The molecule has 0 N–H and O–H groups in total. The van der Waals surface area contributed by atoms with E-state index in [2.05, 4.69) is 13.8 Å². The van der Waals surface area contributed by atoms with E-state index >= 15 is 0 Å². The molecule has 0 saturated heterocycles. The van der Waals surface area contributed by atoms with Gasteiger partial charge < -0.3 is 0 Å². The fraction of sp³-hybridized carbons (Fsp3) is 1.00. The molecule has 0 amide bonds. The van der Waals surface area contributed by atoms with Gasteiger partial charge in [-0.25, -0.2) is 0 Å². The molecule has 0 rings (SSSR count). The summed E-state index contributed by atoms with van der Waals surface area (Å²) in [5.41, 5.74) is 0. The van der Waals surface area contributed by atoms with Crippen LogP contribution in [0.5, 0.6) is 0 Å². The largest absolute Gasteiger partial charge is 0.153 e. The van der Waals surface area contributed by atoms with Crippen molar-refractivity contribution < 1.29 is 26.2 Å². The fourth-order valence-corrected chi connectivity index (χ4v) is 0.500. The number of unbranched alkanes of at least 4 members (excludes halogenated alkanes) is 3. The predicted molar refractivity (Wildman–Crippen MR) is 40.9 cm³/mol. The molecule has 0 aromatic rings. The first-order chi connectivity index (χ1) is 2.91. The third-order valence-corrected chi connectivity index (χ3v) is 0.957. The van der Waals surface area contributed by atoms with E-state index in [9.17, 15) is 0 Å². The van der Waals surface area contributed by atoms with Crippen LogP contribution >= 0.6 is 9.90 Å². The molecule has 0 fully saturated rings. The molecule has 0 saturated carbocycles. The van der Waals surface area contributed by atoms with Gasteiger partial charge in [0, 0.05) is 26.2 Å². The van der Waals surface area contributed by atoms with Crippen molar-refractivity contribution in [3.63, 3.8) is 0 Å². The topological polar surface area (TPSA) is 0 Å². The zero-order valence-corrected chi connectivity index (χ0v) is 9.91. The zero-order chi connectivity index (χ0) is 4.83. The Morgan fingerprint density at radius 3 is 1.25 bits per heavy atom. The van der Waals surface area contributed by atoms with E-state index in [0.29, 0.717) is 0 Å². The van der Waals surface area contributed by atoms with Crippen molar-refractivity contribution in [2.45, 2.75) is 39.5 Å². The Labute approximate surface area is 75.6 Å². The molecule has 0 aliphatic heterocycles. The number of rotatable bonds is 3. The summed E-state index contributed by atoms with van der Waals surface area (Å²) in [6.07, 6.45) is 5.54. The number of hydrogen-bond acceptors (Lipinski definition) is 0. The molecule has 0 aliphatic rings. The Morgan fingerprint density at radius 1 is 0.875 bits per heavy atom. The van der Waals surface area contributed by atoms with Gasteiger partial charge in [0.25, 0.3) is 0 Å². The number of hydrogen-bond donors (Lipinski definition) is 0. The fourth-order valence-electron chi connectivity index (χ4n) is 0.500. The maximum Gasteiger partial charge on any atom is 0 e. The minimum absolute atomic E-state index is 0. The predicted octanol–water partition coefficient (Wildman–Crippen LogP) is 2.64. The Bertz CT molecular complexity index is 20.5. The van der Waals surface area contributed by atoms with Gasteiger partial charge in [0.15, 0.2) is 0 Å². The molecule has 0 aliphatic carbocycles. The Kier molecular flexibility index (Phi) is 31.8. The smallest absolute Gasteiger partial charge is 0 e. The first kappa shape index (κ1) is 16.1. The van der Waals surface area contributed by atoms with Gasteiger partial charge in [-0.1, -0.05) is 39.5 Å². The molecule has 0 bridgehead atoms. The van der Waals surface area contributed by atoms with Crippen molar-refractivity contribution in [3.05, 3.63) is 0 Å². The van der Waals surface area contributed by atoms with Gasteiger partial charge in [0.1, 0.15) is 0 Å². The summed E-state index contributed by atoms with van der Waals surface area (Å²) in [6.45, 7) is 4.46. The van der Waals surface area contributed by atoms with Gasteiger partial charge in [-0.05, 0) is 0 Å². The standard InChI is InChI=1S/C6H14.H3P.Zr/c1-3-5-6-4-2;;/h3-6H2,1-2H3;1H3;. The molecule has 50 valence electrons. The summed E-state index contributed by atoms with van der Waals surface area (Å²) < 4.78 is 0. The first-order valence-electron chi connectivity index (χ1n) is 2.91. The van der Waals surface area contributed by atoms with Crippen molar-refractivity contribution in [2.24, 2.45) is 0 Å². The quantitative estimate of drug-likeness (QED) is 0.497.